The molecule has 4 nitrogen and oxygen atoms in total. The number of nitrogens with one attached hydrogen (secondary N) is 1. The lowest BCUT2D eigenvalue weighted by molar-refractivity contribution is -0.135. The SMILES string of the molecule is CCCNCc1occc1COC1COC1. The third kappa shape index (κ3) is 3.07. The maximum atomic E-state index is 5.66. The minimum Gasteiger partial charge on any atom is -0.468 e. The summed E-state index contributed by atoms with van der Waals surface area (Å²) in [6, 6.07) is 1.97. The molecule has 0 aliphatic carbocycles. The molecule has 0 atom stereocenters. The molecule has 0 unspecified atom stereocenters. The Hall–Kier alpha value is -0.840. The third-order valence-electron chi connectivity index (χ3n) is 2.63. The molecule has 1 aliphatic heterocycles. The van der Waals surface area contributed by atoms with Crippen molar-refractivity contribution < 1.29 is 13.9 Å². The second-order valence-corrected chi connectivity index (χ2v) is 4.02. The van der Waals surface area contributed by atoms with E-state index in [-0.39, 0.29) is 6.10 Å². The summed E-state index contributed by atoms with van der Waals surface area (Å²) in [6.07, 6.45) is 3.12. The Balaban J connectivity index is 1.76. The van der Waals surface area contributed by atoms with Gasteiger partial charge in [0.25, 0.3) is 0 Å². The molecule has 4 heteroatoms. The van der Waals surface area contributed by atoms with Crippen molar-refractivity contribution in [2.45, 2.75) is 32.6 Å². The highest BCUT2D eigenvalue weighted by Gasteiger charge is 2.19. The molecule has 0 radical (unpaired) electrons. The molecule has 0 bridgehead atoms. The summed E-state index contributed by atoms with van der Waals surface area (Å²) >= 11 is 0. The topological polar surface area (TPSA) is 43.6 Å². The lowest BCUT2D eigenvalue weighted by Crippen LogP contribution is -2.35. The van der Waals surface area contributed by atoms with Gasteiger partial charge in [-0.25, -0.2) is 0 Å². The average molecular weight is 225 g/mol. The Morgan fingerprint density at radius 2 is 2.38 bits per heavy atom. The van der Waals surface area contributed by atoms with Crippen LogP contribution in [0.15, 0.2) is 16.7 Å². The van der Waals surface area contributed by atoms with Gasteiger partial charge in [0.1, 0.15) is 11.9 Å². The zero-order valence-electron chi connectivity index (χ0n) is 9.70. The maximum Gasteiger partial charge on any atom is 0.123 e. The van der Waals surface area contributed by atoms with Gasteiger partial charge in [-0.1, -0.05) is 6.92 Å². The van der Waals surface area contributed by atoms with Crippen molar-refractivity contribution in [3.63, 3.8) is 0 Å². The molecule has 0 amide bonds. The van der Waals surface area contributed by atoms with Crippen molar-refractivity contribution in [2.75, 3.05) is 19.8 Å². The Morgan fingerprint density at radius 1 is 1.50 bits per heavy atom. The Labute approximate surface area is 95.9 Å². The zero-order valence-corrected chi connectivity index (χ0v) is 9.70. The van der Waals surface area contributed by atoms with Crippen LogP contribution in [0.4, 0.5) is 0 Å². The molecule has 16 heavy (non-hydrogen) atoms. The van der Waals surface area contributed by atoms with Gasteiger partial charge < -0.3 is 19.2 Å². The van der Waals surface area contributed by atoms with Gasteiger partial charge >= 0.3 is 0 Å². The number of hydrogen-bond acceptors (Lipinski definition) is 4. The minimum atomic E-state index is 0.270. The van der Waals surface area contributed by atoms with Crippen molar-refractivity contribution in [1.29, 1.82) is 0 Å². The monoisotopic (exact) mass is 225 g/mol. The molecule has 1 N–H and O–H groups in total. The van der Waals surface area contributed by atoms with Crippen molar-refractivity contribution >= 4 is 0 Å². The van der Waals surface area contributed by atoms with E-state index in [9.17, 15) is 0 Å². The fourth-order valence-corrected chi connectivity index (χ4v) is 1.55. The van der Waals surface area contributed by atoms with E-state index in [1.807, 2.05) is 6.07 Å². The molecule has 1 saturated heterocycles. The van der Waals surface area contributed by atoms with E-state index in [0.717, 1.165) is 44.0 Å². The second kappa shape index (κ2) is 6.03. The van der Waals surface area contributed by atoms with Gasteiger partial charge in [0.15, 0.2) is 0 Å². The van der Waals surface area contributed by atoms with Gasteiger partial charge in [-0.3, -0.25) is 0 Å². The van der Waals surface area contributed by atoms with Crippen LogP contribution in [0, 0.1) is 0 Å². The van der Waals surface area contributed by atoms with Crippen LogP contribution in [0.25, 0.3) is 0 Å². The average Bonchev–Trinajstić information content (AvgIpc) is 2.64. The lowest BCUT2D eigenvalue weighted by atomic mass is 10.2. The molecule has 0 spiro atoms. The fraction of sp³-hybridized carbons (Fsp3) is 0.667. The van der Waals surface area contributed by atoms with Gasteiger partial charge in [-0.2, -0.15) is 0 Å². The molecule has 0 saturated carbocycles. The third-order valence-corrected chi connectivity index (χ3v) is 2.63. The summed E-state index contributed by atoms with van der Waals surface area (Å²) in [5.41, 5.74) is 1.13. The van der Waals surface area contributed by atoms with E-state index in [0.29, 0.717) is 6.61 Å². The molecule has 0 aromatic carbocycles. The van der Waals surface area contributed by atoms with Crippen molar-refractivity contribution in [3.8, 4) is 0 Å². The van der Waals surface area contributed by atoms with Crippen LogP contribution in [0.5, 0.6) is 0 Å². The molecule has 1 aliphatic rings. The van der Waals surface area contributed by atoms with Gasteiger partial charge in [-0.05, 0) is 19.0 Å². The van der Waals surface area contributed by atoms with Gasteiger partial charge in [0, 0.05) is 5.56 Å². The first kappa shape index (κ1) is 11.6. The predicted molar refractivity (Wildman–Crippen MR) is 60.1 cm³/mol. The molecular formula is C12H19NO3. The molecule has 1 aromatic rings. The van der Waals surface area contributed by atoms with Crippen molar-refractivity contribution in [2.24, 2.45) is 0 Å². The zero-order chi connectivity index (χ0) is 11.2. The molecule has 90 valence electrons. The minimum absolute atomic E-state index is 0.270. The van der Waals surface area contributed by atoms with Crippen LogP contribution in [0.1, 0.15) is 24.7 Å². The predicted octanol–water partition coefficient (Wildman–Crippen LogP) is 1.69. The first-order valence-corrected chi connectivity index (χ1v) is 5.85. The highest BCUT2D eigenvalue weighted by Crippen LogP contribution is 2.15. The van der Waals surface area contributed by atoms with Crippen LogP contribution in [-0.2, 0) is 22.6 Å². The summed E-state index contributed by atoms with van der Waals surface area (Å²) in [4.78, 5) is 0. The summed E-state index contributed by atoms with van der Waals surface area (Å²) in [5, 5.41) is 3.32. The molecule has 2 heterocycles. The number of rotatable bonds is 7. The molecule has 2 rings (SSSR count). The van der Waals surface area contributed by atoms with Crippen LogP contribution in [0.2, 0.25) is 0 Å². The Morgan fingerprint density at radius 3 is 3.06 bits per heavy atom. The normalized spacial score (nSPS) is 16.3. The van der Waals surface area contributed by atoms with E-state index in [4.69, 9.17) is 13.9 Å². The van der Waals surface area contributed by atoms with E-state index >= 15 is 0 Å². The molecule has 1 aromatic heterocycles. The Kier molecular flexibility index (Phi) is 4.39. The largest absolute Gasteiger partial charge is 0.468 e. The summed E-state index contributed by atoms with van der Waals surface area (Å²) in [6.45, 7) is 6.00. The highest BCUT2D eigenvalue weighted by atomic mass is 16.6. The van der Waals surface area contributed by atoms with E-state index in [1.54, 1.807) is 6.26 Å². The van der Waals surface area contributed by atoms with Crippen LogP contribution >= 0.6 is 0 Å². The first-order valence-electron chi connectivity index (χ1n) is 5.85. The van der Waals surface area contributed by atoms with Gasteiger partial charge in [-0.15, -0.1) is 0 Å². The number of ether oxygens (including phenoxy) is 2. The van der Waals surface area contributed by atoms with Crippen molar-refractivity contribution in [1.82, 2.24) is 5.32 Å². The standard InChI is InChI=1S/C12H19NO3/c1-2-4-13-6-12-10(3-5-15-12)7-16-11-8-14-9-11/h3,5,11,13H,2,4,6-9H2,1H3. The van der Waals surface area contributed by atoms with Gasteiger partial charge in [0.2, 0.25) is 0 Å². The lowest BCUT2D eigenvalue weighted by Gasteiger charge is -2.25. The van der Waals surface area contributed by atoms with E-state index in [1.165, 1.54) is 0 Å². The summed E-state index contributed by atoms with van der Waals surface area (Å²) in [7, 11) is 0. The van der Waals surface area contributed by atoms with Crippen molar-refractivity contribution in [3.05, 3.63) is 23.7 Å². The summed E-state index contributed by atoms with van der Waals surface area (Å²) in [5.74, 6) is 0.980. The first-order chi connectivity index (χ1) is 7.90. The van der Waals surface area contributed by atoms with Crippen LogP contribution < -0.4 is 5.32 Å². The van der Waals surface area contributed by atoms with Gasteiger partial charge in [0.05, 0.1) is 32.6 Å². The molecule has 1 fully saturated rings. The van der Waals surface area contributed by atoms with Crippen LogP contribution in [0.3, 0.4) is 0 Å². The summed E-state index contributed by atoms with van der Waals surface area (Å²) < 4.78 is 16.1. The highest BCUT2D eigenvalue weighted by molar-refractivity contribution is 5.15. The van der Waals surface area contributed by atoms with Crippen LogP contribution in [-0.4, -0.2) is 25.9 Å². The second-order valence-electron chi connectivity index (χ2n) is 4.02. The van der Waals surface area contributed by atoms with E-state index in [2.05, 4.69) is 12.2 Å². The number of hydrogen-bond donors (Lipinski definition) is 1. The quantitative estimate of drug-likeness (QED) is 0.717. The molecular weight excluding hydrogens is 206 g/mol. The van der Waals surface area contributed by atoms with E-state index < -0.39 is 0 Å². The Bertz CT molecular complexity index is 307. The smallest absolute Gasteiger partial charge is 0.123 e. The number of furan rings is 1. The fourth-order valence-electron chi connectivity index (χ4n) is 1.55. The maximum absolute atomic E-state index is 5.66.